The van der Waals surface area contributed by atoms with Gasteiger partial charge in [0, 0.05) is 94.1 Å². The minimum atomic E-state index is -5.27. The van der Waals surface area contributed by atoms with Crippen LogP contribution in [0.3, 0.4) is 0 Å². The predicted octanol–water partition coefficient (Wildman–Crippen LogP) is -1.50. The number of hydrogen-bond donors (Lipinski definition) is 6. The largest absolute Gasteiger partial charge is 0.481 e. The van der Waals surface area contributed by atoms with Crippen LogP contribution in [0.25, 0.3) is 11.2 Å². The van der Waals surface area contributed by atoms with E-state index >= 15 is 0 Å². The summed E-state index contributed by atoms with van der Waals surface area (Å²) in [4.78, 5) is 39.6. The van der Waals surface area contributed by atoms with Crippen LogP contribution in [-0.2, 0) is 18.0 Å². The number of nitrogen functional groups attached to an aromatic ring is 1. The summed E-state index contributed by atoms with van der Waals surface area (Å²) in [7, 11) is -10.3. The number of hydrogen-bond acceptors (Lipinski definition) is 11. The van der Waals surface area contributed by atoms with Gasteiger partial charge in [0.05, 0.1) is 25.1 Å². The zero-order valence-electron chi connectivity index (χ0n) is 18.3. The first-order chi connectivity index (χ1) is 13.9. The molecule has 0 saturated heterocycles. The number of nitrogens with two attached hydrogens (primary N) is 1. The Balaban J connectivity index is 0.00000181. The molecule has 2 aliphatic carbocycles. The van der Waals surface area contributed by atoms with Crippen molar-refractivity contribution in [1.82, 2.24) is 19.5 Å². The second-order valence-corrected chi connectivity index (χ2v) is 10.8. The molecule has 3 radical (unpaired) electrons. The number of aliphatic hydroxyl groups is 2. The van der Waals surface area contributed by atoms with Crippen LogP contribution in [0, 0.1) is 11.3 Å². The molecule has 20 heteroatoms. The van der Waals surface area contributed by atoms with E-state index in [0.717, 1.165) is 0 Å². The quantitative estimate of drug-likeness (QED) is 0.0996. The topological polar surface area (TPSA) is 223 Å². The van der Waals surface area contributed by atoms with Gasteiger partial charge in [-0.15, -0.1) is 0 Å². The Labute approximate surface area is 258 Å². The van der Waals surface area contributed by atoms with Gasteiger partial charge in [-0.2, -0.15) is 4.31 Å². The van der Waals surface area contributed by atoms with Crippen molar-refractivity contribution in [3.8, 4) is 0 Å². The van der Waals surface area contributed by atoms with E-state index < -0.39 is 45.9 Å². The molecule has 0 spiro atoms. The summed E-state index contributed by atoms with van der Waals surface area (Å²) >= 11 is 1.27. The SMILES string of the molecule is CSc1nc(N)c2ncn([C@H]3[C@H](O)[C@H](O)[C@]4(COP(=O)(O)OP(=O)(O)O)C[C@H]34)c2n1.[Na].[Na].[Na]. The molecule has 2 heterocycles. The number of nitrogens with zero attached hydrogens (tertiary/aromatic N) is 4. The maximum atomic E-state index is 11.8. The minimum Gasteiger partial charge on any atom is -0.390 e. The van der Waals surface area contributed by atoms with Gasteiger partial charge in [0.1, 0.15) is 11.6 Å². The summed E-state index contributed by atoms with van der Waals surface area (Å²) < 4.78 is 32.6. The molecule has 0 bridgehead atoms. The predicted molar refractivity (Wildman–Crippen MR) is 119 cm³/mol. The van der Waals surface area contributed by atoms with Gasteiger partial charge in [0.15, 0.2) is 16.6 Å². The zero-order chi connectivity index (χ0) is 22.1. The standard InChI is InChI=1S/C13H19N5O9P2S.3Na/c1-30-12-16-10(14)6-11(17-12)18(4-15-6)7-5-2-13(5,9(20)8(7)19)3-26-29(24,25)27-28(21,22)23;;;/h4-5,7-9,19-20H,2-3H2,1H3,(H,24,25)(H2,14,16,17)(H2,21,22,23);;;/t5-,7-,8+,9+,13+;;;/m1.../s1. The van der Waals surface area contributed by atoms with Crippen LogP contribution in [0.2, 0.25) is 0 Å². The molecule has 2 aromatic heterocycles. The monoisotopic (exact) mass is 552 g/mol. The third-order valence-corrected chi connectivity index (χ3v) is 8.17. The van der Waals surface area contributed by atoms with Gasteiger partial charge in [0.2, 0.25) is 0 Å². The van der Waals surface area contributed by atoms with Crippen molar-refractivity contribution < 1.29 is 42.9 Å². The average Bonchev–Trinajstić information content (AvgIpc) is 3.13. The molecule has 0 amide bonds. The number of aliphatic hydroxyl groups excluding tert-OH is 2. The van der Waals surface area contributed by atoms with Gasteiger partial charge >= 0.3 is 15.6 Å². The number of rotatable bonds is 7. The maximum absolute atomic E-state index is 11.8. The van der Waals surface area contributed by atoms with E-state index in [1.54, 1.807) is 10.8 Å². The number of anilines is 1. The summed E-state index contributed by atoms with van der Waals surface area (Å²) in [5, 5.41) is 21.6. The molecule has 33 heavy (non-hydrogen) atoms. The number of imidazole rings is 1. The van der Waals surface area contributed by atoms with Gasteiger partial charge in [-0.1, -0.05) is 11.8 Å². The number of fused-ring (bicyclic) bond motifs is 2. The molecular weight excluding hydrogens is 533 g/mol. The van der Waals surface area contributed by atoms with E-state index in [9.17, 15) is 24.2 Å². The van der Waals surface area contributed by atoms with Crippen molar-refractivity contribution in [1.29, 1.82) is 0 Å². The Hall–Kier alpha value is 1.88. The molecule has 14 nitrogen and oxygen atoms in total. The Morgan fingerprint density at radius 2 is 1.88 bits per heavy atom. The van der Waals surface area contributed by atoms with Crippen LogP contribution in [0.4, 0.5) is 5.82 Å². The molecule has 169 valence electrons. The molecule has 7 N–H and O–H groups in total. The van der Waals surface area contributed by atoms with Gasteiger partial charge in [-0.05, 0) is 18.6 Å². The first-order valence-electron chi connectivity index (χ1n) is 8.53. The van der Waals surface area contributed by atoms with Crippen molar-refractivity contribution in [2.75, 3.05) is 18.6 Å². The minimum absolute atomic E-state index is 0. The number of thioether (sulfide) groups is 1. The summed E-state index contributed by atoms with van der Waals surface area (Å²) in [6.45, 7) is -0.556. The molecule has 2 aliphatic rings. The fourth-order valence-corrected chi connectivity index (χ4v) is 6.15. The summed E-state index contributed by atoms with van der Waals surface area (Å²) in [6.07, 6.45) is 0.898. The van der Waals surface area contributed by atoms with Crippen molar-refractivity contribution in [2.45, 2.75) is 29.8 Å². The average molecular weight is 552 g/mol. The third kappa shape index (κ3) is 6.48. The van der Waals surface area contributed by atoms with Crippen LogP contribution in [0.1, 0.15) is 12.5 Å². The fourth-order valence-electron chi connectivity index (χ4n) is 4.11. The van der Waals surface area contributed by atoms with Crippen LogP contribution in [0.15, 0.2) is 11.5 Å². The second kappa shape index (κ2) is 11.7. The van der Waals surface area contributed by atoms with E-state index in [-0.39, 0.29) is 100 Å². The Morgan fingerprint density at radius 3 is 2.45 bits per heavy atom. The molecule has 0 aliphatic heterocycles. The molecular formula is C13H19N5Na3O9P2S. The van der Waals surface area contributed by atoms with Crippen molar-refractivity contribution >= 4 is 133 Å². The van der Waals surface area contributed by atoms with Crippen LogP contribution < -0.4 is 5.73 Å². The third-order valence-electron chi connectivity index (χ3n) is 5.49. The van der Waals surface area contributed by atoms with E-state index in [2.05, 4.69) is 19.3 Å². The number of aromatic nitrogens is 4. The Bertz CT molecular complexity index is 1110. The molecule has 2 fully saturated rings. The summed E-state index contributed by atoms with van der Waals surface area (Å²) in [6, 6.07) is -0.682. The van der Waals surface area contributed by atoms with E-state index in [1.165, 1.54) is 18.1 Å². The molecule has 2 saturated carbocycles. The van der Waals surface area contributed by atoms with Crippen LogP contribution in [-0.4, -0.2) is 158 Å². The van der Waals surface area contributed by atoms with Crippen molar-refractivity contribution in [2.24, 2.45) is 11.3 Å². The van der Waals surface area contributed by atoms with E-state index in [4.69, 9.17) is 20.0 Å². The summed E-state index contributed by atoms with van der Waals surface area (Å²) in [5.74, 6) is -0.221. The van der Waals surface area contributed by atoms with Crippen molar-refractivity contribution in [3.63, 3.8) is 0 Å². The molecule has 4 rings (SSSR count). The molecule has 1 unspecified atom stereocenters. The smallest absolute Gasteiger partial charge is 0.390 e. The van der Waals surface area contributed by atoms with E-state index in [1.807, 2.05) is 0 Å². The van der Waals surface area contributed by atoms with Gasteiger partial charge in [0.25, 0.3) is 0 Å². The van der Waals surface area contributed by atoms with Gasteiger partial charge < -0.3 is 35.2 Å². The normalized spacial score (nSPS) is 29.9. The van der Waals surface area contributed by atoms with Crippen molar-refractivity contribution in [3.05, 3.63) is 6.33 Å². The second-order valence-electron chi connectivity index (χ2n) is 7.20. The summed E-state index contributed by atoms with van der Waals surface area (Å²) in [5.41, 5.74) is 5.51. The fraction of sp³-hybridized carbons (Fsp3) is 0.615. The van der Waals surface area contributed by atoms with Crippen LogP contribution >= 0.6 is 27.4 Å². The Morgan fingerprint density at radius 1 is 1.24 bits per heavy atom. The molecule has 2 aromatic rings. The van der Waals surface area contributed by atoms with Gasteiger partial charge in [-0.3, -0.25) is 4.52 Å². The number of phosphoric ester groups is 1. The van der Waals surface area contributed by atoms with Crippen LogP contribution in [0.5, 0.6) is 0 Å². The molecule has 0 aromatic carbocycles. The maximum Gasteiger partial charge on any atom is 0.481 e. The first-order valence-corrected chi connectivity index (χ1v) is 12.8. The zero-order valence-corrected chi connectivity index (χ0v) is 26.9. The number of phosphoric acid groups is 2. The molecule has 6 atom stereocenters. The first kappa shape index (κ1) is 32.9. The Kier molecular flexibility index (Phi) is 11.7. The van der Waals surface area contributed by atoms with Gasteiger partial charge in [-0.25, -0.2) is 24.1 Å². The van der Waals surface area contributed by atoms with E-state index in [0.29, 0.717) is 22.7 Å².